The van der Waals surface area contributed by atoms with Gasteiger partial charge in [-0.05, 0) is 0 Å². The van der Waals surface area contributed by atoms with E-state index in [-0.39, 0.29) is 5.91 Å². The lowest BCUT2D eigenvalue weighted by Gasteiger charge is -2.34. The van der Waals surface area contributed by atoms with E-state index in [4.69, 9.17) is 5.84 Å². The predicted octanol–water partition coefficient (Wildman–Crippen LogP) is -2.37. The molecule has 8 heteroatoms. The zero-order valence-electron chi connectivity index (χ0n) is 8.39. The zero-order chi connectivity index (χ0) is 11.2. The average molecular weight is 212 g/mol. The van der Waals surface area contributed by atoms with E-state index in [1.165, 1.54) is 4.90 Å². The molecule has 2 heterocycles. The fraction of sp³-hybridized carbons (Fsp3) is 0.571. The molecular weight excluding hydrogens is 200 g/mol. The number of hydrogen-bond donors (Lipinski definition) is 3. The summed E-state index contributed by atoms with van der Waals surface area (Å²) in [7, 11) is 3.27. The Hall–Kier alpha value is -1.83. The van der Waals surface area contributed by atoms with E-state index in [2.05, 4.69) is 15.7 Å². The van der Waals surface area contributed by atoms with E-state index in [1.54, 1.807) is 19.0 Å². The van der Waals surface area contributed by atoms with Crippen molar-refractivity contribution in [1.82, 2.24) is 20.5 Å². The molecule has 0 saturated carbocycles. The van der Waals surface area contributed by atoms with Crippen LogP contribution in [0.3, 0.4) is 0 Å². The lowest BCUT2D eigenvalue weighted by Crippen LogP contribution is -2.63. The standard InChI is InChI=1S/C7H12N6O2/c1-12-3-4(9-6(12)11-8)13(2)7(15)10-5(3)14/h3-4H,8H2,1-2H3,(H,9,11)(H,10,14,15). The molecular formula is C7H12N6O2. The van der Waals surface area contributed by atoms with Crippen LogP contribution in [0, 0.1) is 0 Å². The van der Waals surface area contributed by atoms with Crippen molar-refractivity contribution in [3.63, 3.8) is 0 Å². The number of carbonyl (C=O) groups excluding carboxylic acids is 2. The number of aliphatic imine (C=N–C) groups is 1. The van der Waals surface area contributed by atoms with Crippen molar-refractivity contribution in [3.05, 3.63) is 0 Å². The number of nitrogens with one attached hydrogen (secondary N) is 2. The molecule has 2 atom stereocenters. The molecule has 3 amide bonds. The first-order valence-electron chi connectivity index (χ1n) is 4.41. The van der Waals surface area contributed by atoms with Crippen LogP contribution in [0.4, 0.5) is 4.79 Å². The van der Waals surface area contributed by atoms with Gasteiger partial charge in [0.15, 0.2) is 12.2 Å². The maximum Gasteiger partial charge on any atom is 0.325 e. The number of rotatable bonds is 0. The third kappa shape index (κ3) is 1.22. The summed E-state index contributed by atoms with van der Waals surface area (Å²) in [4.78, 5) is 30.0. The molecule has 2 aliphatic heterocycles. The van der Waals surface area contributed by atoms with Gasteiger partial charge in [-0.1, -0.05) is 0 Å². The Balaban J connectivity index is 2.33. The lowest BCUT2D eigenvalue weighted by atomic mass is 10.1. The quantitative estimate of drug-likeness (QED) is 0.307. The number of imide groups is 1. The van der Waals surface area contributed by atoms with Crippen molar-refractivity contribution in [1.29, 1.82) is 0 Å². The molecule has 0 aromatic heterocycles. The van der Waals surface area contributed by atoms with Crippen LogP contribution < -0.4 is 16.6 Å². The topological polar surface area (TPSA) is 103 Å². The van der Waals surface area contributed by atoms with Crippen LogP contribution in [0.2, 0.25) is 0 Å². The smallest absolute Gasteiger partial charge is 0.325 e. The van der Waals surface area contributed by atoms with Crippen molar-refractivity contribution in [2.75, 3.05) is 14.1 Å². The van der Waals surface area contributed by atoms with Gasteiger partial charge in [0, 0.05) is 14.1 Å². The summed E-state index contributed by atoms with van der Waals surface area (Å²) in [5, 5.41) is 2.24. The van der Waals surface area contributed by atoms with Crippen molar-refractivity contribution < 1.29 is 9.59 Å². The molecule has 0 aromatic carbocycles. The van der Waals surface area contributed by atoms with E-state index >= 15 is 0 Å². The van der Waals surface area contributed by atoms with Gasteiger partial charge >= 0.3 is 6.03 Å². The van der Waals surface area contributed by atoms with Gasteiger partial charge in [-0.3, -0.25) is 15.5 Å². The van der Waals surface area contributed by atoms with Crippen molar-refractivity contribution in [2.24, 2.45) is 10.8 Å². The van der Waals surface area contributed by atoms with Gasteiger partial charge in [0.25, 0.3) is 5.91 Å². The number of nitrogens with zero attached hydrogens (tertiary/aromatic N) is 3. The zero-order valence-corrected chi connectivity index (χ0v) is 8.39. The second-order valence-electron chi connectivity index (χ2n) is 3.47. The average Bonchev–Trinajstić information content (AvgIpc) is 2.53. The SMILES string of the molecule is CN1C(=O)NC(=O)C2C1N=C(NN)N2C. The van der Waals surface area contributed by atoms with E-state index in [9.17, 15) is 9.59 Å². The maximum atomic E-state index is 11.6. The summed E-state index contributed by atoms with van der Waals surface area (Å²) < 4.78 is 0. The second kappa shape index (κ2) is 3.09. The van der Waals surface area contributed by atoms with Crippen molar-refractivity contribution in [3.8, 4) is 0 Å². The molecule has 0 aliphatic carbocycles. The molecule has 2 rings (SSSR count). The van der Waals surface area contributed by atoms with Gasteiger partial charge in [-0.25, -0.2) is 15.6 Å². The Morgan fingerprint density at radius 2 is 2.07 bits per heavy atom. The van der Waals surface area contributed by atoms with E-state index < -0.39 is 18.2 Å². The summed E-state index contributed by atoms with van der Waals surface area (Å²) >= 11 is 0. The Kier molecular flexibility index (Phi) is 2.00. The summed E-state index contributed by atoms with van der Waals surface area (Å²) in [6.45, 7) is 0. The molecule has 0 radical (unpaired) electrons. The van der Waals surface area contributed by atoms with Gasteiger partial charge in [0.2, 0.25) is 5.96 Å². The number of amides is 3. The van der Waals surface area contributed by atoms with Crippen LogP contribution in [-0.4, -0.2) is 54.0 Å². The summed E-state index contributed by atoms with van der Waals surface area (Å²) in [5.74, 6) is 5.28. The number of guanidine groups is 1. The van der Waals surface area contributed by atoms with Gasteiger partial charge in [0.1, 0.15) is 0 Å². The summed E-state index contributed by atoms with van der Waals surface area (Å²) in [5.41, 5.74) is 2.38. The molecule has 0 spiro atoms. The molecule has 1 saturated heterocycles. The fourth-order valence-corrected chi connectivity index (χ4v) is 1.76. The summed E-state index contributed by atoms with van der Waals surface area (Å²) in [6, 6.07) is -0.963. The highest BCUT2D eigenvalue weighted by atomic mass is 16.2. The molecule has 15 heavy (non-hydrogen) atoms. The van der Waals surface area contributed by atoms with Crippen LogP contribution in [0.5, 0.6) is 0 Å². The normalized spacial score (nSPS) is 29.9. The molecule has 1 fully saturated rings. The molecule has 2 unspecified atom stereocenters. The Morgan fingerprint density at radius 3 is 2.67 bits per heavy atom. The number of likely N-dealkylation sites (N-methyl/N-ethyl adjacent to an activating group) is 2. The molecule has 82 valence electrons. The van der Waals surface area contributed by atoms with Gasteiger partial charge in [0.05, 0.1) is 0 Å². The van der Waals surface area contributed by atoms with E-state index in [0.29, 0.717) is 5.96 Å². The van der Waals surface area contributed by atoms with Crippen LogP contribution in [0.1, 0.15) is 0 Å². The Bertz CT molecular complexity index is 353. The largest absolute Gasteiger partial charge is 0.329 e. The molecule has 4 N–H and O–H groups in total. The van der Waals surface area contributed by atoms with Gasteiger partial charge in [-0.15, -0.1) is 0 Å². The minimum absolute atomic E-state index is 0.361. The highest BCUT2D eigenvalue weighted by Crippen LogP contribution is 2.20. The number of carbonyl (C=O) groups is 2. The molecule has 0 bridgehead atoms. The highest BCUT2D eigenvalue weighted by Gasteiger charge is 2.46. The minimum atomic E-state index is -0.515. The van der Waals surface area contributed by atoms with Crippen LogP contribution in [0.15, 0.2) is 4.99 Å². The van der Waals surface area contributed by atoms with Crippen LogP contribution in [-0.2, 0) is 4.79 Å². The number of urea groups is 1. The molecule has 0 aromatic rings. The van der Waals surface area contributed by atoms with E-state index in [0.717, 1.165) is 0 Å². The highest BCUT2D eigenvalue weighted by molar-refractivity contribution is 6.03. The maximum absolute atomic E-state index is 11.6. The molecule has 2 aliphatic rings. The van der Waals surface area contributed by atoms with E-state index in [1.807, 2.05) is 0 Å². The number of fused-ring (bicyclic) bond motifs is 1. The fourth-order valence-electron chi connectivity index (χ4n) is 1.76. The predicted molar refractivity (Wildman–Crippen MR) is 51.4 cm³/mol. The third-order valence-electron chi connectivity index (χ3n) is 2.63. The first kappa shape index (κ1) is 9.71. The van der Waals surface area contributed by atoms with Gasteiger partial charge in [-0.2, -0.15) is 0 Å². The number of hydrogen-bond acceptors (Lipinski definition) is 6. The second-order valence-corrected chi connectivity index (χ2v) is 3.47. The van der Waals surface area contributed by atoms with Crippen molar-refractivity contribution >= 4 is 17.9 Å². The monoisotopic (exact) mass is 212 g/mol. The number of hydrazine groups is 1. The Morgan fingerprint density at radius 1 is 1.40 bits per heavy atom. The lowest BCUT2D eigenvalue weighted by molar-refractivity contribution is -0.126. The van der Waals surface area contributed by atoms with Crippen molar-refractivity contribution in [2.45, 2.75) is 12.2 Å². The summed E-state index contributed by atoms with van der Waals surface area (Å²) in [6.07, 6.45) is -0.512. The first-order valence-corrected chi connectivity index (χ1v) is 4.41. The third-order valence-corrected chi connectivity index (χ3v) is 2.63. The van der Waals surface area contributed by atoms with Crippen LogP contribution >= 0.6 is 0 Å². The number of nitrogens with two attached hydrogens (primary N) is 1. The Labute approximate surface area is 86.1 Å². The van der Waals surface area contributed by atoms with Gasteiger partial charge < -0.3 is 9.80 Å². The van der Waals surface area contributed by atoms with Crippen LogP contribution in [0.25, 0.3) is 0 Å². The first-order chi connectivity index (χ1) is 7.06. The molecule has 8 nitrogen and oxygen atoms in total. The minimum Gasteiger partial charge on any atom is -0.329 e.